The predicted octanol–water partition coefficient (Wildman–Crippen LogP) is 2.56. The molecule has 0 atom stereocenters. The zero-order valence-electron chi connectivity index (χ0n) is 12.3. The van der Waals surface area contributed by atoms with Crippen molar-refractivity contribution in [2.24, 2.45) is 0 Å². The molecule has 0 radical (unpaired) electrons. The van der Waals surface area contributed by atoms with E-state index in [0.717, 1.165) is 11.8 Å². The molecule has 1 aromatic heterocycles. The van der Waals surface area contributed by atoms with Crippen molar-refractivity contribution in [3.05, 3.63) is 51.4 Å². The Morgan fingerprint density at radius 1 is 1.28 bits per heavy atom. The van der Waals surface area contributed by atoms with E-state index in [0.29, 0.717) is 20.5 Å². The summed E-state index contributed by atoms with van der Waals surface area (Å²) >= 11 is 18.5. The van der Waals surface area contributed by atoms with Crippen LogP contribution in [0, 0.1) is 0 Å². The first-order valence-corrected chi connectivity index (χ1v) is 8.77. The lowest BCUT2D eigenvalue weighted by Crippen LogP contribution is -2.38. The molecule has 2 amide bonds. The summed E-state index contributed by atoms with van der Waals surface area (Å²) in [6.45, 7) is -0.226. The van der Waals surface area contributed by atoms with Crippen molar-refractivity contribution in [3.63, 3.8) is 0 Å². The predicted molar refractivity (Wildman–Crippen MR) is 101 cm³/mol. The van der Waals surface area contributed by atoms with Crippen LogP contribution in [0.25, 0.3) is 6.08 Å². The number of rotatable bonds is 4. The molecule has 128 valence electrons. The zero-order chi connectivity index (χ0) is 18.0. The molecule has 0 spiro atoms. The van der Waals surface area contributed by atoms with Crippen LogP contribution in [0.15, 0.2) is 35.8 Å². The van der Waals surface area contributed by atoms with Gasteiger partial charge in [-0.3, -0.25) is 19.9 Å². The van der Waals surface area contributed by atoms with Crippen molar-refractivity contribution >= 4 is 69.4 Å². The van der Waals surface area contributed by atoms with Crippen molar-refractivity contribution in [1.29, 1.82) is 0 Å². The molecular weight excluding hydrogens is 405 g/mol. The van der Waals surface area contributed by atoms with E-state index < -0.39 is 5.91 Å². The van der Waals surface area contributed by atoms with Gasteiger partial charge in [0.1, 0.15) is 23.5 Å². The Labute approximate surface area is 162 Å². The minimum Gasteiger partial charge on any atom is -0.283 e. The number of halogens is 2. The second-order valence-electron chi connectivity index (χ2n) is 4.81. The molecule has 2 aromatic rings. The van der Waals surface area contributed by atoms with Gasteiger partial charge >= 0.3 is 0 Å². The highest BCUT2D eigenvalue weighted by Gasteiger charge is 2.33. The monoisotopic (exact) mass is 413 g/mol. The summed E-state index contributed by atoms with van der Waals surface area (Å²) in [5, 5.41) is 7.97. The summed E-state index contributed by atoms with van der Waals surface area (Å²) in [4.78, 5) is 26.1. The number of hydrogen-bond donors (Lipinski definition) is 1. The Bertz CT molecular complexity index is 865. The average Bonchev–Trinajstić information content (AvgIpc) is 3.15. The lowest BCUT2D eigenvalue weighted by molar-refractivity contribution is -0.126. The standard InChI is InChI=1S/C14H9Cl2N5O2S2/c15-9-2-1-3-10(16)8(9)4-11-13(23)21(14(24)25-11)5-12(22)19-20-6-17-18-7-20/h1-4,6-7H,5H2,(H,19,22)/b11-4-. The summed E-state index contributed by atoms with van der Waals surface area (Å²) < 4.78 is 1.55. The number of benzene rings is 1. The fourth-order valence-electron chi connectivity index (χ4n) is 2.00. The van der Waals surface area contributed by atoms with Gasteiger partial charge in [0, 0.05) is 15.6 Å². The fraction of sp³-hybridized carbons (Fsp3) is 0.0714. The highest BCUT2D eigenvalue weighted by Crippen LogP contribution is 2.35. The third-order valence-electron chi connectivity index (χ3n) is 3.12. The van der Waals surface area contributed by atoms with E-state index in [2.05, 4.69) is 15.6 Å². The summed E-state index contributed by atoms with van der Waals surface area (Å²) in [7, 11) is 0. The first kappa shape index (κ1) is 17.9. The van der Waals surface area contributed by atoms with Gasteiger partial charge in [0.25, 0.3) is 11.8 Å². The smallest absolute Gasteiger partial charge is 0.266 e. The number of thiocarbonyl (C=S) groups is 1. The van der Waals surface area contributed by atoms with Crippen LogP contribution in [0.1, 0.15) is 5.56 Å². The topological polar surface area (TPSA) is 80.1 Å². The van der Waals surface area contributed by atoms with Crippen LogP contribution in [-0.4, -0.2) is 42.5 Å². The number of nitrogens with zero attached hydrogens (tertiary/aromatic N) is 4. The molecule has 11 heteroatoms. The summed E-state index contributed by atoms with van der Waals surface area (Å²) in [6, 6.07) is 5.06. The van der Waals surface area contributed by atoms with Crippen molar-refractivity contribution in [1.82, 2.24) is 19.8 Å². The number of nitrogens with one attached hydrogen (secondary N) is 1. The molecule has 1 fully saturated rings. The van der Waals surface area contributed by atoms with Crippen molar-refractivity contribution in [2.45, 2.75) is 0 Å². The number of thioether (sulfide) groups is 1. The van der Waals surface area contributed by atoms with Gasteiger partial charge in [0.15, 0.2) is 0 Å². The van der Waals surface area contributed by atoms with E-state index in [1.54, 1.807) is 24.3 Å². The van der Waals surface area contributed by atoms with Gasteiger partial charge in [0.2, 0.25) is 0 Å². The van der Waals surface area contributed by atoms with Crippen LogP contribution in [0.3, 0.4) is 0 Å². The number of amides is 2. The van der Waals surface area contributed by atoms with E-state index in [9.17, 15) is 9.59 Å². The third-order valence-corrected chi connectivity index (χ3v) is 5.16. The molecule has 1 aromatic carbocycles. The lowest BCUT2D eigenvalue weighted by Gasteiger charge is -2.14. The Hall–Kier alpha value is -1.94. The maximum atomic E-state index is 12.5. The molecule has 1 aliphatic heterocycles. The largest absolute Gasteiger partial charge is 0.283 e. The maximum absolute atomic E-state index is 12.5. The van der Waals surface area contributed by atoms with Gasteiger partial charge in [-0.25, -0.2) is 4.68 Å². The van der Waals surface area contributed by atoms with Crippen molar-refractivity contribution < 1.29 is 9.59 Å². The molecule has 2 heterocycles. The average molecular weight is 414 g/mol. The van der Waals surface area contributed by atoms with Gasteiger partial charge in [-0.05, 0) is 18.2 Å². The van der Waals surface area contributed by atoms with E-state index in [-0.39, 0.29) is 16.8 Å². The van der Waals surface area contributed by atoms with Gasteiger partial charge in [-0.15, -0.1) is 10.2 Å². The first-order valence-electron chi connectivity index (χ1n) is 6.79. The SMILES string of the molecule is O=C(CN1C(=O)/C(=C/c2c(Cl)cccc2Cl)SC1=S)Nn1cnnc1. The third kappa shape index (κ3) is 4.01. The van der Waals surface area contributed by atoms with E-state index >= 15 is 0 Å². The summed E-state index contributed by atoms with van der Waals surface area (Å²) in [5.74, 6) is -0.821. The molecule has 1 N–H and O–H groups in total. The Morgan fingerprint density at radius 2 is 1.92 bits per heavy atom. The second-order valence-corrected chi connectivity index (χ2v) is 7.30. The minimum atomic E-state index is -0.437. The van der Waals surface area contributed by atoms with E-state index in [1.165, 1.54) is 22.2 Å². The van der Waals surface area contributed by atoms with Crippen LogP contribution in [0.2, 0.25) is 10.0 Å². The molecule has 3 rings (SSSR count). The van der Waals surface area contributed by atoms with Crippen LogP contribution in [-0.2, 0) is 9.59 Å². The van der Waals surface area contributed by atoms with Crippen molar-refractivity contribution in [2.75, 3.05) is 12.0 Å². The van der Waals surface area contributed by atoms with Crippen molar-refractivity contribution in [3.8, 4) is 0 Å². The van der Waals surface area contributed by atoms with Crippen LogP contribution < -0.4 is 5.43 Å². The normalized spacial score (nSPS) is 15.9. The van der Waals surface area contributed by atoms with Crippen LogP contribution in [0.4, 0.5) is 0 Å². The number of aromatic nitrogens is 3. The Morgan fingerprint density at radius 3 is 2.56 bits per heavy atom. The van der Waals surface area contributed by atoms with Crippen LogP contribution in [0.5, 0.6) is 0 Å². The first-order chi connectivity index (χ1) is 12.0. The summed E-state index contributed by atoms with van der Waals surface area (Å²) in [6.07, 6.45) is 4.21. The van der Waals surface area contributed by atoms with Crippen LogP contribution >= 0.6 is 47.2 Å². The van der Waals surface area contributed by atoms with E-state index in [1.807, 2.05) is 0 Å². The summed E-state index contributed by atoms with van der Waals surface area (Å²) in [5.41, 5.74) is 3.03. The highest BCUT2D eigenvalue weighted by molar-refractivity contribution is 8.26. The van der Waals surface area contributed by atoms with Gasteiger partial charge in [-0.2, -0.15) is 0 Å². The number of carbonyl (C=O) groups is 2. The molecule has 0 aliphatic carbocycles. The Balaban J connectivity index is 1.76. The van der Waals surface area contributed by atoms with Gasteiger partial charge < -0.3 is 0 Å². The van der Waals surface area contributed by atoms with Gasteiger partial charge in [-0.1, -0.05) is 53.2 Å². The fourth-order valence-corrected chi connectivity index (χ4v) is 3.74. The maximum Gasteiger partial charge on any atom is 0.266 e. The number of hydrogen-bond acceptors (Lipinski definition) is 6. The molecule has 0 saturated carbocycles. The molecule has 0 unspecified atom stereocenters. The zero-order valence-corrected chi connectivity index (χ0v) is 15.5. The quantitative estimate of drug-likeness (QED) is 0.612. The molecule has 7 nitrogen and oxygen atoms in total. The molecule has 1 saturated heterocycles. The molecular formula is C14H9Cl2N5O2S2. The Kier molecular flexibility index (Phi) is 5.38. The molecule has 25 heavy (non-hydrogen) atoms. The second kappa shape index (κ2) is 7.52. The highest BCUT2D eigenvalue weighted by atomic mass is 35.5. The molecule has 1 aliphatic rings. The number of carbonyl (C=O) groups excluding carboxylic acids is 2. The lowest BCUT2D eigenvalue weighted by atomic mass is 10.2. The van der Waals surface area contributed by atoms with Gasteiger partial charge in [0.05, 0.1) is 4.91 Å². The minimum absolute atomic E-state index is 0.226. The van der Waals surface area contributed by atoms with E-state index in [4.69, 9.17) is 35.4 Å². The molecule has 0 bridgehead atoms.